The highest BCUT2D eigenvalue weighted by molar-refractivity contribution is 6.99. The number of hydrogen-bond acceptors (Lipinski definition) is 6. The Labute approximate surface area is 206 Å². The Hall–Kier alpha value is -3.75. The van der Waals surface area contributed by atoms with Crippen molar-refractivity contribution in [1.29, 1.82) is 0 Å². The number of aromatic hydroxyl groups is 1. The van der Waals surface area contributed by atoms with Crippen LogP contribution in [0.3, 0.4) is 0 Å². The zero-order valence-electron chi connectivity index (χ0n) is 20.1. The first-order chi connectivity index (χ1) is 16.7. The van der Waals surface area contributed by atoms with Crippen molar-refractivity contribution in [1.82, 2.24) is 5.32 Å². The number of oxime groups is 1. The van der Waals surface area contributed by atoms with Gasteiger partial charge in [0.1, 0.15) is 5.75 Å². The minimum atomic E-state index is -2.78. The van der Waals surface area contributed by atoms with E-state index in [2.05, 4.69) is 55.5 Å². The number of carbonyl (C=O) groups excluding carboxylic acids is 2. The third-order valence-corrected chi connectivity index (χ3v) is 10.9. The van der Waals surface area contributed by atoms with E-state index in [4.69, 9.17) is 4.43 Å². The van der Waals surface area contributed by atoms with Gasteiger partial charge in [0.05, 0.1) is 11.1 Å². The molecule has 182 valence electrons. The van der Waals surface area contributed by atoms with Crippen molar-refractivity contribution >= 4 is 36.7 Å². The average molecular weight is 491 g/mol. The van der Waals surface area contributed by atoms with E-state index in [0.29, 0.717) is 6.29 Å². The Bertz CT molecular complexity index is 1150. The SMILES string of the molecule is CC(C)(C)[Si](OCC/C(=N\O)NC(=O)c1cccc(C=O)c1O)(c1ccccc1)c1ccccc1. The molecule has 0 aliphatic carbocycles. The minimum Gasteiger partial charge on any atom is -0.506 e. The van der Waals surface area contributed by atoms with E-state index in [-0.39, 0.29) is 35.0 Å². The number of nitrogens with one attached hydrogen (secondary N) is 1. The largest absolute Gasteiger partial charge is 0.506 e. The molecule has 0 atom stereocenters. The maximum absolute atomic E-state index is 12.7. The lowest BCUT2D eigenvalue weighted by molar-refractivity contribution is 0.0971. The van der Waals surface area contributed by atoms with Gasteiger partial charge in [0.15, 0.2) is 12.1 Å². The molecule has 8 heteroatoms. The Kier molecular flexibility index (Phi) is 8.21. The van der Waals surface area contributed by atoms with Gasteiger partial charge < -0.3 is 20.1 Å². The maximum atomic E-state index is 12.7. The quantitative estimate of drug-likeness (QED) is 0.111. The van der Waals surface area contributed by atoms with Crippen molar-refractivity contribution in [2.45, 2.75) is 32.2 Å². The van der Waals surface area contributed by atoms with Gasteiger partial charge in [0.2, 0.25) is 0 Å². The number of phenols is 1. The molecule has 0 saturated heterocycles. The summed E-state index contributed by atoms with van der Waals surface area (Å²) >= 11 is 0. The predicted octanol–water partition coefficient (Wildman–Crippen LogP) is 3.69. The third-order valence-electron chi connectivity index (χ3n) is 5.89. The van der Waals surface area contributed by atoms with Crippen LogP contribution in [0.5, 0.6) is 5.75 Å². The third kappa shape index (κ3) is 5.50. The lowest BCUT2D eigenvalue weighted by Crippen LogP contribution is -2.66. The smallest absolute Gasteiger partial charge is 0.261 e. The van der Waals surface area contributed by atoms with Crippen molar-refractivity contribution in [3.05, 3.63) is 90.0 Å². The van der Waals surface area contributed by atoms with Gasteiger partial charge in [-0.2, -0.15) is 0 Å². The molecule has 0 fully saturated rings. The number of phenolic OH excluding ortho intramolecular Hbond substituents is 1. The van der Waals surface area contributed by atoms with Crippen LogP contribution in [0.4, 0.5) is 0 Å². The second-order valence-electron chi connectivity index (χ2n) is 9.12. The Balaban J connectivity index is 1.84. The molecule has 0 aliphatic rings. The fraction of sp³-hybridized carbons (Fsp3) is 0.222. The molecule has 0 bridgehead atoms. The summed E-state index contributed by atoms with van der Waals surface area (Å²) in [7, 11) is -2.78. The van der Waals surface area contributed by atoms with Gasteiger partial charge in [-0.1, -0.05) is 92.7 Å². The molecule has 35 heavy (non-hydrogen) atoms. The Morgan fingerprint density at radius 3 is 2.03 bits per heavy atom. The van der Waals surface area contributed by atoms with E-state index in [1.54, 1.807) is 0 Å². The van der Waals surface area contributed by atoms with Crippen molar-refractivity contribution in [3.8, 4) is 5.75 Å². The highest BCUT2D eigenvalue weighted by atomic mass is 28.4. The van der Waals surface area contributed by atoms with Crippen LogP contribution in [0.1, 0.15) is 47.9 Å². The fourth-order valence-electron chi connectivity index (χ4n) is 4.24. The van der Waals surface area contributed by atoms with Crippen molar-refractivity contribution in [2.75, 3.05) is 6.61 Å². The van der Waals surface area contributed by atoms with Gasteiger partial charge in [-0.15, -0.1) is 0 Å². The summed E-state index contributed by atoms with van der Waals surface area (Å²) in [6.45, 7) is 6.66. The van der Waals surface area contributed by atoms with Crippen LogP contribution < -0.4 is 15.7 Å². The van der Waals surface area contributed by atoms with Gasteiger partial charge in [-0.3, -0.25) is 9.59 Å². The molecule has 3 rings (SSSR count). The normalized spacial score (nSPS) is 12.3. The first-order valence-electron chi connectivity index (χ1n) is 11.3. The molecular formula is C27H30N2O5Si. The summed E-state index contributed by atoms with van der Waals surface area (Å²) in [5.74, 6) is -1.13. The molecule has 0 radical (unpaired) electrons. The highest BCUT2D eigenvalue weighted by Crippen LogP contribution is 2.36. The molecule has 3 N–H and O–H groups in total. The summed E-state index contributed by atoms with van der Waals surface area (Å²) in [6.07, 6.45) is 0.589. The van der Waals surface area contributed by atoms with Gasteiger partial charge in [-0.25, -0.2) is 0 Å². The van der Waals surface area contributed by atoms with Crippen LogP contribution in [-0.2, 0) is 4.43 Å². The summed E-state index contributed by atoms with van der Waals surface area (Å²) in [6, 6.07) is 24.5. The second kappa shape index (κ2) is 11.1. The zero-order chi connectivity index (χ0) is 25.5. The number of para-hydroxylation sites is 1. The molecule has 0 aromatic heterocycles. The molecule has 0 heterocycles. The van der Waals surface area contributed by atoms with E-state index in [1.807, 2.05) is 36.4 Å². The number of hydrogen-bond donors (Lipinski definition) is 3. The summed E-state index contributed by atoms with van der Waals surface area (Å²) < 4.78 is 6.75. The lowest BCUT2D eigenvalue weighted by atomic mass is 10.1. The number of nitrogens with zero attached hydrogens (tertiary/aromatic N) is 1. The van der Waals surface area contributed by atoms with Crippen molar-refractivity contribution < 1.29 is 24.3 Å². The number of aldehydes is 1. The molecule has 3 aromatic rings. The molecule has 0 spiro atoms. The number of carbonyl (C=O) groups is 2. The number of amidine groups is 1. The Morgan fingerprint density at radius 1 is 0.971 bits per heavy atom. The minimum absolute atomic E-state index is 0.00449. The van der Waals surface area contributed by atoms with Gasteiger partial charge in [0, 0.05) is 13.0 Å². The maximum Gasteiger partial charge on any atom is 0.261 e. The highest BCUT2D eigenvalue weighted by Gasteiger charge is 2.50. The van der Waals surface area contributed by atoms with Crippen LogP contribution in [-0.4, -0.2) is 43.3 Å². The molecule has 3 aromatic carbocycles. The zero-order valence-corrected chi connectivity index (χ0v) is 21.1. The van der Waals surface area contributed by atoms with Crippen LogP contribution in [0, 0.1) is 0 Å². The van der Waals surface area contributed by atoms with Crippen LogP contribution in [0.2, 0.25) is 5.04 Å². The first kappa shape index (κ1) is 25.9. The summed E-state index contributed by atoms with van der Waals surface area (Å²) in [5, 5.41) is 27.4. The first-order valence-corrected chi connectivity index (χ1v) is 13.2. The summed E-state index contributed by atoms with van der Waals surface area (Å²) in [4.78, 5) is 23.7. The average Bonchev–Trinajstić information content (AvgIpc) is 2.86. The van der Waals surface area contributed by atoms with Crippen LogP contribution in [0.15, 0.2) is 84.0 Å². The number of rotatable bonds is 8. The van der Waals surface area contributed by atoms with E-state index >= 15 is 0 Å². The molecule has 0 unspecified atom stereocenters. The standard InChI is InChI=1S/C27H30N2O5Si/c1-27(2,3)35(21-12-6-4-7-13-21,22-14-8-5-9-15-22)34-18-17-24(29-33)28-26(32)23-16-10-11-20(19-30)25(23)31/h4-16,19,31,33H,17-18H2,1-3H3,(H,28,29,32). The molecule has 0 saturated carbocycles. The van der Waals surface area contributed by atoms with Crippen LogP contribution >= 0.6 is 0 Å². The predicted molar refractivity (Wildman–Crippen MR) is 138 cm³/mol. The Morgan fingerprint density at radius 2 is 1.54 bits per heavy atom. The van der Waals surface area contributed by atoms with E-state index in [0.717, 1.165) is 10.4 Å². The number of amides is 1. The number of benzene rings is 3. The van der Waals surface area contributed by atoms with Gasteiger partial charge in [-0.05, 0) is 27.5 Å². The monoisotopic (exact) mass is 490 g/mol. The lowest BCUT2D eigenvalue weighted by Gasteiger charge is -2.43. The van der Waals surface area contributed by atoms with Gasteiger partial charge in [0.25, 0.3) is 14.2 Å². The topological polar surface area (TPSA) is 108 Å². The fourth-order valence-corrected chi connectivity index (χ4v) is 8.80. The van der Waals surface area contributed by atoms with E-state index < -0.39 is 20.0 Å². The molecule has 7 nitrogen and oxygen atoms in total. The van der Waals surface area contributed by atoms with Gasteiger partial charge >= 0.3 is 0 Å². The summed E-state index contributed by atoms with van der Waals surface area (Å²) in [5.41, 5.74) is -0.0983. The van der Waals surface area contributed by atoms with E-state index in [1.165, 1.54) is 18.2 Å². The molecular weight excluding hydrogens is 460 g/mol. The van der Waals surface area contributed by atoms with E-state index in [9.17, 15) is 19.9 Å². The van der Waals surface area contributed by atoms with Crippen LogP contribution in [0.25, 0.3) is 0 Å². The second-order valence-corrected chi connectivity index (χ2v) is 13.4. The van der Waals surface area contributed by atoms with Crippen molar-refractivity contribution in [2.24, 2.45) is 5.16 Å². The molecule has 1 amide bonds. The molecule has 0 aliphatic heterocycles. The van der Waals surface area contributed by atoms with Crippen molar-refractivity contribution in [3.63, 3.8) is 0 Å².